The van der Waals surface area contributed by atoms with Crippen LogP contribution in [0, 0.1) is 11.6 Å². The van der Waals surface area contributed by atoms with E-state index in [-0.39, 0.29) is 37.6 Å². The van der Waals surface area contributed by atoms with Gasteiger partial charge in [-0.2, -0.15) is 5.10 Å². The topological polar surface area (TPSA) is 94.4 Å². The summed E-state index contributed by atoms with van der Waals surface area (Å²) in [6, 6.07) is 2.90. The van der Waals surface area contributed by atoms with Gasteiger partial charge in [-0.1, -0.05) is 0 Å². The molecule has 2 saturated heterocycles. The van der Waals surface area contributed by atoms with Gasteiger partial charge in [0.2, 0.25) is 0 Å². The molecule has 0 N–H and O–H groups in total. The van der Waals surface area contributed by atoms with Crippen LogP contribution in [0.1, 0.15) is 10.4 Å². The molecule has 0 bridgehead atoms. The van der Waals surface area contributed by atoms with Gasteiger partial charge in [-0.15, -0.1) is 0 Å². The van der Waals surface area contributed by atoms with Crippen molar-refractivity contribution < 1.29 is 26.7 Å². The average Bonchev–Trinajstić information content (AvgIpc) is 3.09. The number of nitrogens with zero attached hydrogens (tertiary/aromatic N) is 4. The largest absolute Gasteiger partial charge is 0.369 e. The third kappa shape index (κ3) is 3.32. The fourth-order valence-corrected chi connectivity index (χ4v) is 5.28. The van der Waals surface area contributed by atoms with Gasteiger partial charge in [0.15, 0.2) is 21.5 Å². The van der Waals surface area contributed by atoms with Crippen LogP contribution in [0.3, 0.4) is 0 Å². The Labute approximate surface area is 153 Å². The maximum absolute atomic E-state index is 13.3. The minimum absolute atomic E-state index is 0.00456. The molecule has 2 aliphatic heterocycles. The predicted molar refractivity (Wildman–Crippen MR) is 88.5 cm³/mol. The molecule has 1 aromatic heterocycles. The fraction of sp³-hybridized carbons (Fsp3) is 0.438. The molecular formula is C16H16F2N4O4S. The van der Waals surface area contributed by atoms with E-state index in [2.05, 4.69) is 10.1 Å². The number of rotatable bonds is 3. The summed E-state index contributed by atoms with van der Waals surface area (Å²) < 4.78 is 58.8. The van der Waals surface area contributed by atoms with Gasteiger partial charge in [-0.25, -0.2) is 22.2 Å². The van der Waals surface area contributed by atoms with Crippen LogP contribution in [-0.4, -0.2) is 70.3 Å². The highest BCUT2D eigenvalue weighted by Gasteiger charge is 2.54. The summed E-state index contributed by atoms with van der Waals surface area (Å²) in [7, 11) is -3.46. The number of aromatic nitrogens is 3. The van der Waals surface area contributed by atoms with Crippen molar-refractivity contribution in [3.05, 3.63) is 48.1 Å². The maximum atomic E-state index is 13.3. The van der Waals surface area contributed by atoms with Gasteiger partial charge in [0.05, 0.1) is 32.0 Å². The number of amides is 1. The Morgan fingerprint density at radius 1 is 1.30 bits per heavy atom. The average molecular weight is 398 g/mol. The van der Waals surface area contributed by atoms with Crippen LogP contribution < -0.4 is 0 Å². The van der Waals surface area contributed by atoms with Crippen LogP contribution >= 0.6 is 0 Å². The highest BCUT2D eigenvalue weighted by atomic mass is 32.2. The first-order valence-corrected chi connectivity index (χ1v) is 9.92. The van der Waals surface area contributed by atoms with Gasteiger partial charge in [-0.05, 0) is 18.2 Å². The van der Waals surface area contributed by atoms with Crippen molar-refractivity contribution in [2.45, 2.75) is 17.4 Å². The summed E-state index contributed by atoms with van der Waals surface area (Å²) in [5, 5.41) is 3.17. The smallest absolute Gasteiger partial charge is 0.254 e. The molecule has 2 aliphatic rings. The molecule has 4 rings (SSSR count). The summed E-state index contributed by atoms with van der Waals surface area (Å²) in [4.78, 5) is 17.5. The van der Waals surface area contributed by atoms with E-state index in [0.29, 0.717) is 0 Å². The number of carbonyl (C=O) groups is 1. The quantitative estimate of drug-likeness (QED) is 0.737. The molecule has 144 valence electrons. The molecule has 0 aliphatic carbocycles. The predicted octanol–water partition coefficient (Wildman–Crippen LogP) is 0.265. The number of benzene rings is 1. The number of hydrogen-bond acceptors (Lipinski definition) is 6. The Morgan fingerprint density at radius 3 is 2.70 bits per heavy atom. The zero-order valence-corrected chi connectivity index (χ0v) is 14.9. The van der Waals surface area contributed by atoms with Gasteiger partial charge in [0.25, 0.3) is 5.91 Å². The first-order chi connectivity index (χ1) is 12.8. The molecule has 2 aromatic rings. The lowest BCUT2D eigenvalue weighted by Crippen LogP contribution is -2.70. The monoisotopic (exact) mass is 398 g/mol. The molecule has 2 fully saturated rings. The summed E-state index contributed by atoms with van der Waals surface area (Å²) in [6.45, 7) is 0.311. The maximum Gasteiger partial charge on any atom is 0.254 e. The van der Waals surface area contributed by atoms with Crippen LogP contribution in [0.5, 0.6) is 0 Å². The minimum atomic E-state index is -3.46. The molecule has 1 atom stereocenters. The lowest BCUT2D eigenvalue weighted by atomic mass is 9.94. The minimum Gasteiger partial charge on any atom is -0.369 e. The summed E-state index contributed by atoms with van der Waals surface area (Å²) in [5.41, 5.74) is -0.946. The van der Waals surface area contributed by atoms with Crippen LogP contribution in [-0.2, 0) is 21.1 Å². The number of likely N-dealkylation sites (tertiary alicyclic amines) is 1. The zero-order chi connectivity index (χ0) is 19.2. The van der Waals surface area contributed by atoms with Gasteiger partial charge < -0.3 is 9.64 Å². The van der Waals surface area contributed by atoms with Gasteiger partial charge >= 0.3 is 0 Å². The van der Waals surface area contributed by atoms with Crippen molar-refractivity contribution in [3.8, 4) is 0 Å². The Balaban J connectivity index is 1.41. The van der Waals surface area contributed by atoms with Crippen molar-refractivity contribution in [1.29, 1.82) is 0 Å². The highest BCUT2D eigenvalue weighted by Crippen LogP contribution is 2.34. The summed E-state index contributed by atoms with van der Waals surface area (Å²) >= 11 is 0. The van der Waals surface area contributed by atoms with E-state index >= 15 is 0 Å². The Hall–Kier alpha value is -2.40. The van der Waals surface area contributed by atoms with Gasteiger partial charge in [-0.3, -0.25) is 9.48 Å². The van der Waals surface area contributed by atoms with Crippen molar-refractivity contribution in [2.24, 2.45) is 0 Å². The lowest BCUT2D eigenvalue weighted by molar-refractivity contribution is -0.121. The molecule has 1 spiro atoms. The summed E-state index contributed by atoms with van der Waals surface area (Å²) in [5.74, 6) is -2.85. The third-order valence-corrected chi connectivity index (χ3v) is 7.05. The lowest BCUT2D eigenvalue weighted by Gasteiger charge is -2.52. The molecule has 0 unspecified atom stereocenters. The van der Waals surface area contributed by atoms with Gasteiger partial charge in [0.1, 0.15) is 23.5 Å². The first kappa shape index (κ1) is 18.0. The molecular weight excluding hydrogens is 382 g/mol. The highest BCUT2D eigenvalue weighted by molar-refractivity contribution is 7.92. The van der Waals surface area contributed by atoms with Crippen molar-refractivity contribution in [2.75, 3.05) is 25.4 Å². The van der Waals surface area contributed by atoms with Crippen LogP contribution in [0.25, 0.3) is 0 Å². The van der Waals surface area contributed by atoms with Crippen LogP contribution in [0.4, 0.5) is 8.78 Å². The Morgan fingerprint density at radius 2 is 2.07 bits per heavy atom. The van der Waals surface area contributed by atoms with E-state index in [9.17, 15) is 22.0 Å². The standard InChI is InChI=1S/C16H16F2N4O4S/c17-13-2-1-11(3-14(13)18)15(23)21-6-16(7-21)8-27(24,25)12(5-26-16)4-22-10-19-9-20-22/h1-3,9-10,12H,4-8H2/t12-/m0/s1. The van der Waals surface area contributed by atoms with E-state index in [1.165, 1.54) is 28.3 Å². The SMILES string of the molecule is O=C(c1ccc(F)c(F)c1)N1CC2(C1)CS(=O)(=O)[C@@H](Cn1cncn1)CO2. The molecule has 27 heavy (non-hydrogen) atoms. The molecule has 1 amide bonds. The molecule has 3 heterocycles. The summed E-state index contributed by atoms with van der Waals surface area (Å²) in [6.07, 6.45) is 2.76. The van der Waals surface area contributed by atoms with Crippen molar-refractivity contribution in [3.63, 3.8) is 0 Å². The van der Waals surface area contributed by atoms with E-state index in [0.717, 1.165) is 12.1 Å². The van der Waals surface area contributed by atoms with Crippen molar-refractivity contribution in [1.82, 2.24) is 19.7 Å². The number of hydrogen-bond donors (Lipinski definition) is 0. The van der Waals surface area contributed by atoms with Crippen molar-refractivity contribution >= 4 is 15.7 Å². The van der Waals surface area contributed by atoms with Gasteiger partial charge in [0, 0.05) is 5.56 Å². The molecule has 8 nitrogen and oxygen atoms in total. The zero-order valence-electron chi connectivity index (χ0n) is 14.1. The Kier molecular flexibility index (Phi) is 4.22. The van der Waals surface area contributed by atoms with E-state index < -0.39 is 38.2 Å². The van der Waals surface area contributed by atoms with E-state index in [1.54, 1.807) is 0 Å². The first-order valence-electron chi connectivity index (χ1n) is 8.20. The second kappa shape index (κ2) is 6.34. The molecule has 1 aromatic carbocycles. The Bertz CT molecular complexity index is 974. The van der Waals surface area contributed by atoms with Crippen LogP contribution in [0.2, 0.25) is 0 Å². The molecule has 0 radical (unpaired) electrons. The fourth-order valence-electron chi connectivity index (χ4n) is 3.39. The normalized spacial score (nSPS) is 23.2. The van der Waals surface area contributed by atoms with E-state index in [4.69, 9.17) is 4.74 Å². The molecule has 0 saturated carbocycles. The number of ether oxygens (including phenoxy) is 1. The second-order valence-corrected chi connectivity index (χ2v) is 9.11. The number of halogens is 2. The third-order valence-electron chi connectivity index (χ3n) is 4.82. The number of carbonyl (C=O) groups excluding carboxylic acids is 1. The molecule has 11 heteroatoms. The number of sulfone groups is 1. The second-order valence-electron chi connectivity index (χ2n) is 6.83. The van der Waals surface area contributed by atoms with E-state index in [1.807, 2.05) is 0 Å². The van der Waals surface area contributed by atoms with Crippen LogP contribution in [0.15, 0.2) is 30.9 Å².